The van der Waals surface area contributed by atoms with Crippen molar-refractivity contribution in [3.05, 3.63) is 88.1 Å². The van der Waals surface area contributed by atoms with Gasteiger partial charge < -0.3 is 20.1 Å². The summed E-state index contributed by atoms with van der Waals surface area (Å²) in [6.45, 7) is 4.25. The number of ketones is 1. The molecule has 42 heavy (non-hydrogen) atoms. The van der Waals surface area contributed by atoms with Crippen LogP contribution in [0.15, 0.2) is 60.0 Å². The van der Waals surface area contributed by atoms with E-state index in [-0.39, 0.29) is 22.7 Å². The summed E-state index contributed by atoms with van der Waals surface area (Å²) in [6, 6.07) is 15.3. The number of carbonyl (C=O) groups is 4. The molecule has 0 radical (unpaired) electrons. The monoisotopic (exact) mass is 583 g/mol. The SMILES string of the molecule is CCCNC(=O)c1ccc(-c2cc3c(cc2C(=O)Nc2ccccc2C(C)=O)-c2sccc2CCO3)c(C(=O)OC)n1. The van der Waals surface area contributed by atoms with Crippen LogP contribution in [-0.4, -0.2) is 48.8 Å². The number of hydrogen-bond acceptors (Lipinski definition) is 8. The average molecular weight is 584 g/mol. The average Bonchev–Trinajstić information content (AvgIpc) is 3.40. The molecule has 2 N–H and O–H groups in total. The topological polar surface area (TPSA) is 124 Å². The van der Waals surface area contributed by atoms with Crippen LogP contribution < -0.4 is 15.4 Å². The third-order valence-electron chi connectivity index (χ3n) is 6.87. The highest BCUT2D eigenvalue weighted by molar-refractivity contribution is 7.13. The van der Waals surface area contributed by atoms with Crippen LogP contribution >= 0.6 is 11.3 Å². The number of hydrogen-bond donors (Lipinski definition) is 2. The van der Waals surface area contributed by atoms with Gasteiger partial charge in [-0.1, -0.05) is 19.1 Å². The molecular weight excluding hydrogens is 554 g/mol. The van der Waals surface area contributed by atoms with Gasteiger partial charge in [0.25, 0.3) is 11.8 Å². The van der Waals surface area contributed by atoms with Crippen molar-refractivity contribution in [2.75, 3.05) is 25.6 Å². The zero-order valence-corrected chi connectivity index (χ0v) is 24.2. The molecule has 0 atom stereocenters. The lowest BCUT2D eigenvalue weighted by Gasteiger charge is -2.18. The number of benzene rings is 2. The summed E-state index contributed by atoms with van der Waals surface area (Å²) >= 11 is 1.55. The highest BCUT2D eigenvalue weighted by Crippen LogP contribution is 2.43. The van der Waals surface area contributed by atoms with Gasteiger partial charge in [-0.25, -0.2) is 9.78 Å². The van der Waals surface area contributed by atoms with Crippen molar-refractivity contribution in [3.8, 4) is 27.3 Å². The molecule has 2 amide bonds. The smallest absolute Gasteiger partial charge is 0.357 e. The summed E-state index contributed by atoms with van der Waals surface area (Å²) in [5.74, 6) is -1.33. The number of fused-ring (bicyclic) bond motifs is 3. The third kappa shape index (κ3) is 5.66. The molecule has 9 nitrogen and oxygen atoms in total. The number of para-hydroxylation sites is 1. The first-order valence-electron chi connectivity index (χ1n) is 13.5. The first kappa shape index (κ1) is 28.7. The van der Waals surface area contributed by atoms with E-state index < -0.39 is 17.8 Å². The Hall–Kier alpha value is -4.83. The quantitative estimate of drug-likeness (QED) is 0.199. The summed E-state index contributed by atoms with van der Waals surface area (Å²) in [5, 5.41) is 7.63. The zero-order chi connectivity index (χ0) is 29.8. The Balaban J connectivity index is 1.70. The van der Waals surface area contributed by atoms with Gasteiger partial charge in [-0.3, -0.25) is 14.4 Å². The maximum Gasteiger partial charge on any atom is 0.357 e. The number of thiophene rings is 1. The summed E-state index contributed by atoms with van der Waals surface area (Å²) in [6.07, 6.45) is 1.44. The minimum atomic E-state index is -0.764. The third-order valence-corrected chi connectivity index (χ3v) is 7.86. The molecule has 10 heteroatoms. The largest absolute Gasteiger partial charge is 0.493 e. The zero-order valence-electron chi connectivity index (χ0n) is 23.4. The number of pyridine rings is 1. The number of amides is 2. The first-order chi connectivity index (χ1) is 20.3. The number of anilines is 1. The maximum atomic E-state index is 14.0. The lowest BCUT2D eigenvalue weighted by atomic mass is 9.93. The Labute approximate surface area is 246 Å². The van der Waals surface area contributed by atoms with Gasteiger partial charge in [0.2, 0.25) is 0 Å². The maximum absolute atomic E-state index is 14.0. The van der Waals surface area contributed by atoms with Gasteiger partial charge in [-0.2, -0.15) is 0 Å². The predicted molar refractivity (Wildman–Crippen MR) is 161 cm³/mol. The molecule has 0 aliphatic carbocycles. The van der Waals surface area contributed by atoms with Crippen LogP contribution in [-0.2, 0) is 11.2 Å². The van der Waals surface area contributed by atoms with Crippen LogP contribution in [0.1, 0.15) is 67.5 Å². The van der Waals surface area contributed by atoms with Gasteiger partial charge in [0.05, 0.1) is 19.4 Å². The second-order valence-corrected chi connectivity index (χ2v) is 10.6. The van der Waals surface area contributed by atoms with Gasteiger partial charge in [0.1, 0.15) is 11.4 Å². The van der Waals surface area contributed by atoms with Crippen molar-refractivity contribution in [2.45, 2.75) is 26.7 Å². The summed E-state index contributed by atoms with van der Waals surface area (Å²) < 4.78 is 11.1. The number of nitrogens with zero attached hydrogens (tertiary/aromatic N) is 1. The molecule has 0 bridgehead atoms. The van der Waals surface area contributed by atoms with Crippen LogP contribution in [0.3, 0.4) is 0 Å². The predicted octanol–water partition coefficient (Wildman–Crippen LogP) is 5.79. The molecule has 2 aromatic carbocycles. The van der Waals surface area contributed by atoms with E-state index in [2.05, 4.69) is 15.6 Å². The van der Waals surface area contributed by atoms with Gasteiger partial charge >= 0.3 is 5.97 Å². The Morgan fingerprint density at radius 2 is 1.79 bits per heavy atom. The van der Waals surface area contributed by atoms with Crippen LogP contribution in [0.2, 0.25) is 0 Å². The van der Waals surface area contributed by atoms with Crippen LogP contribution in [0.4, 0.5) is 5.69 Å². The molecule has 5 rings (SSSR count). The first-order valence-corrected chi connectivity index (χ1v) is 14.4. The fourth-order valence-corrected chi connectivity index (χ4v) is 5.78. The molecule has 1 aliphatic heterocycles. The fraction of sp³-hybridized carbons (Fsp3) is 0.219. The molecule has 0 unspecified atom stereocenters. The number of ether oxygens (including phenoxy) is 2. The molecule has 0 spiro atoms. The highest BCUT2D eigenvalue weighted by Gasteiger charge is 2.27. The number of methoxy groups -OCH3 is 1. The van der Waals surface area contributed by atoms with Gasteiger partial charge in [-0.15, -0.1) is 11.3 Å². The van der Waals surface area contributed by atoms with E-state index in [0.29, 0.717) is 47.7 Å². The Morgan fingerprint density at radius 1 is 0.976 bits per heavy atom. The van der Waals surface area contributed by atoms with Crippen molar-refractivity contribution in [1.29, 1.82) is 0 Å². The van der Waals surface area contributed by atoms with Crippen molar-refractivity contribution < 1.29 is 28.7 Å². The second-order valence-electron chi connectivity index (χ2n) is 9.66. The lowest BCUT2D eigenvalue weighted by molar-refractivity contribution is 0.0594. The van der Waals surface area contributed by atoms with E-state index >= 15 is 0 Å². The van der Waals surface area contributed by atoms with Gasteiger partial charge in [0.15, 0.2) is 11.5 Å². The summed E-state index contributed by atoms with van der Waals surface area (Å²) in [7, 11) is 1.22. The van der Waals surface area contributed by atoms with Crippen LogP contribution in [0.25, 0.3) is 21.6 Å². The summed E-state index contributed by atoms with van der Waals surface area (Å²) in [4.78, 5) is 57.2. The molecule has 3 heterocycles. The van der Waals surface area contributed by atoms with Crippen LogP contribution in [0, 0.1) is 0 Å². The Kier molecular flexibility index (Phi) is 8.44. The van der Waals surface area contributed by atoms with Gasteiger partial charge in [-0.05, 0) is 66.8 Å². The molecule has 214 valence electrons. The second kappa shape index (κ2) is 12.4. The number of Topliss-reactive ketones (excluding diaryl/α,β-unsaturated/α-hetero) is 1. The minimum Gasteiger partial charge on any atom is -0.493 e. The van der Waals surface area contributed by atoms with Crippen molar-refractivity contribution >= 4 is 40.6 Å². The fourth-order valence-electron chi connectivity index (χ4n) is 4.80. The molecule has 2 aromatic heterocycles. The molecule has 0 saturated carbocycles. The Bertz CT molecular complexity index is 1710. The van der Waals surface area contributed by atoms with Crippen molar-refractivity contribution in [3.63, 3.8) is 0 Å². The van der Waals surface area contributed by atoms with Gasteiger partial charge in [0, 0.05) is 45.7 Å². The van der Waals surface area contributed by atoms with E-state index in [4.69, 9.17) is 9.47 Å². The van der Waals surface area contributed by atoms with E-state index in [1.54, 1.807) is 53.8 Å². The molecule has 4 aromatic rings. The lowest BCUT2D eigenvalue weighted by Crippen LogP contribution is -2.26. The van der Waals surface area contributed by atoms with E-state index in [0.717, 1.165) is 22.4 Å². The normalized spacial score (nSPS) is 11.8. The number of nitrogens with one attached hydrogen (secondary N) is 2. The van der Waals surface area contributed by atoms with E-state index in [9.17, 15) is 19.2 Å². The number of carbonyl (C=O) groups excluding carboxylic acids is 4. The van der Waals surface area contributed by atoms with Crippen molar-refractivity contribution in [1.82, 2.24) is 10.3 Å². The van der Waals surface area contributed by atoms with E-state index in [1.165, 1.54) is 20.1 Å². The minimum absolute atomic E-state index is 0.0447. The molecule has 0 saturated heterocycles. The number of esters is 1. The van der Waals surface area contributed by atoms with E-state index in [1.807, 2.05) is 18.4 Å². The Morgan fingerprint density at radius 3 is 2.55 bits per heavy atom. The van der Waals surface area contributed by atoms with Crippen LogP contribution in [0.5, 0.6) is 5.75 Å². The molecular formula is C32H29N3O6S. The molecule has 1 aliphatic rings. The summed E-state index contributed by atoms with van der Waals surface area (Å²) in [5.41, 5.74) is 3.39. The number of aromatic nitrogens is 1. The number of rotatable bonds is 8. The molecule has 0 fully saturated rings. The van der Waals surface area contributed by atoms with Crippen molar-refractivity contribution in [2.24, 2.45) is 0 Å². The standard InChI is InChI=1S/C32H29N3O6S/c1-4-13-33-31(38)26-10-9-21(28(34-26)32(39)40-3)22-17-27-24(29-19(11-14-41-27)12-15-42-29)16-23(22)30(37)35-25-8-6-5-7-20(25)18(2)36/h5-10,12,15-17H,4,11,13-14H2,1-3H3,(H,33,38)(H,35,37). The highest BCUT2D eigenvalue weighted by atomic mass is 32.1.